The van der Waals surface area contributed by atoms with Crippen LogP contribution in [0.2, 0.25) is 0 Å². The molecule has 0 saturated carbocycles. The maximum absolute atomic E-state index is 9.23. The highest BCUT2D eigenvalue weighted by Gasteiger charge is 2.43. The Bertz CT molecular complexity index is 2750. The van der Waals surface area contributed by atoms with Gasteiger partial charge in [0.1, 0.15) is 22.1 Å². The molecule has 6 heterocycles. The lowest BCUT2D eigenvalue weighted by Crippen LogP contribution is -2.19. The van der Waals surface area contributed by atoms with Crippen molar-refractivity contribution in [2.75, 3.05) is 6.61 Å². The van der Waals surface area contributed by atoms with Gasteiger partial charge >= 0.3 is 0 Å². The van der Waals surface area contributed by atoms with E-state index in [1.807, 2.05) is 45.3 Å². The van der Waals surface area contributed by atoms with Gasteiger partial charge in [0.2, 0.25) is 0 Å². The minimum absolute atomic E-state index is 0.0193. The van der Waals surface area contributed by atoms with Gasteiger partial charge in [-0.2, -0.15) is 17.5 Å². The highest BCUT2D eigenvalue weighted by atomic mass is 32.1. The monoisotopic (exact) mass is 834 g/mol. The van der Waals surface area contributed by atoms with Crippen molar-refractivity contribution in [2.24, 2.45) is 0 Å². The number of benzene rings is 2. The van der Waals surface area contributed by atoms with Crippen LogP contribution in [-0.2, 0) is 17.3 Å². The lowest BCUT2D eigenvalue weighted by Gasteiger charge is -2.26. The van der Waals surface area contributed by atoms with E-state index in [1.54, 1.807) is 0 Å². The molecule has 0 amide bonds. The van der Waals surface area contributed by atoms with E-state index in [9.17, 15) is 5.11 Å². The Hall–Kier alpha value is -3.16. The number of aromatic nitrogens is 4. The maximum Gasteiger partial charge on any atom is 0.113 e. The van der Waals surface area contributed by atoms with Crippen LogP contribution in [0, 0.1) is 13.8 Å². The smallest absolute Gasteiger partial charge is 0.113 e. The number of aliphatic hydroxyl groups is 1. The van der Waals surface area contributed by atoms with Crippen molar-refractivity contribution in [1.29, 1.82) is 0 Å². The molecule has 0 radical (unpaired) electrons. The summed E-state index contributed by atoms with van der Waals surface area (Å²) in [5.74, 6) is 0. The largest absolute Gasteiger partial charge is 0.396 e. The van der Waals surface area contributed by atoms with Crippen LogP contribution >= 0.6 is 68.8 Å². The van der Waals surface area contributed by atoms with Gasteiger partial charge in [0.05, 0.1) is 23.5 Å². The molecule has 0 aliphatic heterocycles. The van der Waals surface area contributed by atoms with Crippen molar-refractivity contribution in [2.45, 2.75) is 96.8 Å². The summed E-state index contributed by atoms with van der Waals surface area (Å²) in [5.41, 5.74) is 14.8. The predicted molar refractivity (Wildman–Crippen MR) is 238 cm³/mol. The molecule has 2 aliphatic rings. The van der Waals surface area contributed by atoms with Crippen LogP contribution in [0.25, 0.3) is 62.5 Å². The molecule has 0 saturated heterocycles. The lowest BCUT2D eigenvalue weighted by atomic mass is 9.76. The number of aryl methyl sites for hydroxylation is 2. The van der Waals surface area contributed by atoms with Gasteiger partial charge in [-0.25, -0.2) is 0 Å². The Morgan fingerprint density at radius 3 is 1.89 bits per heavy atom. The second kappa shape index (κ2) is 13.7. The predicted octanol–water partition coefficient (Wildman–Crippen LogP) is 13.8. The molecule has 1 unspecified atom stereocenters. The molecule has 5 nitrogen and oxygen atoms in total. The van der Waals surface area contributed by atoms with E-state index in [2.05, 4.69) is 87.5 Å². The summed E-state index contributed by atoms with van der Waals surface area (Å²) in [6.45, 7) is 11.9. The van der Waals surface area contributed by atoms with Gasteiger partial charge in [-0.05, 0) is 84.3 Å². The lowest BCUT2D eigenvalue weighted by molar-refractivity contribution is 0.282. The molecule has 1 N–H and O–H groups in total. The fourth-order valence-electron chi connectivity index (χ4n) is 9.01. The summed E-state index contributed by atoms with van der Waals surface area (Å²) >= 11 is 10.4. The summed E-state index contributed by atoms with van der Waals surface area (Å²) in [4.78, 5) is 11.1. The first-order valence-corrected chi connectivity index (χ1v) is 24.0. The zero-order valence-electron chi connectivity index (χ0n) is 31.7. The van der Waals surface area contributed by atoms with Gasteiger partial charge < -0.3 is 5.11 Å². The molecule has 280 valence electrons. The van der Waals surface area contributed by atoms with E-state index < -0.39 is 0 Å². The van der Waals surface area contributed by atoms with Crippen LogP contribution in [0.1, 0.15) is 109 Å². The van der Waals surface area contributed by atoms with Crippen LogP contribution in [-0.4, -0.2) is 29.2 Å². The second-order valence-corrected chi connectivity index (χ2v) is 21.7. The fraction of sp³-hybridized carbons (Fsp3) is 0.364. The minimum atomic E-state index is -0.0426. The number of unbranched alkanes of at least 4 members (excludes halogenated alkanes) is 5. The number of hydrogen-bond acceptors (Lipinski definition) is 11. The first-order chi connectivity index (χ1) is 26.7. The second-order valence-electron chi connectivity index (χ2n) is 16.1. The molecular weight excluding hydrogens is 793 g/mol. The van der Waals surface area contributed by atoms with Gasteiger partial charge in [-0.3, -0.25) is 0 Å². The molecule has 6 aromatic heterocycles. The van der Waals surface area contributed by atoms with Crippen molar-refractivity contribution >= 4 is 90.9 Å². The zero-order valence-corrected chi connectivity index (χ0v) is 36.6. The van der Waals surface area contributed by atoms with Crippen molar-refractivity contribution in [1.82, 2.24) is 17.5 Å². The third-order valence-electron chi connectivity index (χ3n) is 12.1. The topological polar surface area (TPSA) is 71.8 Å². The molecule has 0 fully saturated rings. The van der Waals surface area contributed by atoms with Crippen molar-refractivity contribution in [3.8, 4) is 40.4 Å². The van der Waals surface area contributed by atoms with Crippen LogP contribution in [0.15, 0.2) is 48.5 Å². The van der Waals surface area contributed by atoms with Gasteiger partial charge in [-0.15, -0.1) is 45.3 Å². The molecule has 1 atom stereocenters. The number of rotatable bonds is 12. The first kappa shape index (κ1) is 36.2. The van der Waals surface area contributed by atoms with Crippen LogP contribution in [0.4, 0.5) is 0 Å². The normalized spacial score (nSPS) is 16.7. The Kier molecular flexibility index (Phi) is 9.05. The minimum Gasteiger partial charge on any atom is -0.396 e. The quantitative estimate of drug-likeness (QED) is 0.124. The highest BCUT2D eigenvalue weighted by Crippen LogP contribution is 2.60. The number of aliphatic hydroxyl groups excluding tert-OH is 1. The Labute approximate surface area is 346 Å². The molecule has 10 rings (SSSR count). The molecule has 2 aliphatic carbocycles. The highest BCUT2D eigenvalue weighted by molar-refractivity contribution is 7.25. The van der Waals surface area contributed by atoms with E-state index in [1.165, 1.54) is 133 Å². The SMILES string of the molecule is Cc1cc2c(s1)-c1sc(-c3ccc(Cc4cc5c(s4)-c4sc(-c6ccc(C)c7nsnc67)cc4C5(C)CCCCCCCCO)c4nsnc34)cc1C2(C)C. The fourth-order valence-corrected chi connectivity index (χ4v) is 15.7. The van der Waals surface area contributed by atoms with Gasteiger partial charge in [0.25, 0.3) is 0 Å². The molecule has 11 heteroatoms. The molecular formula is C44H42N4OS6. The van der Waals surface area contributed by atoms with E-state index >= 15 is 0 Å². The number of nitrogens with zero attached hydrogens (tertiary/aromatic N) is 4. The van der Waals surface area contributed by atoms with Crippen LogP contribution in [0.5, 0.6) is 0 Å². The van der Waals surface area contributed by atoms with E-state index in [0.29, 0.717) is 6.61 Å². The summed E-state index contributed by atoms with van der Waals surface area (Å²) in [7, 11) is 0. The van der Waals surface area contributed by atoms with Crippen molar-refractivity contribution < 1.29 is 5.11 Å². The van der Waals surface area contributed by atoms with Crippen molar-refractivity contribution in [3.63, 3.8) is 0 Å². The van der Waals surface area contributed by atoms with E-state index in [4.69, 9.17) is 13.1 Å². The summed E-state index contributed by atoms with van der Waals surface area (Å²) in [6.07, 6.45) is 8.86. The summed E-state index contributed by atoms with van der Waals surface area (Å²) < 4.78 is 19.2. The first-order valence-electron chi connectivity index (χ1n) is 19.3. The Morgan fingerprint density at radius 1 is 0.564 bits per heavy atom. The third kappa shape index (κ3) is 5.78. The molecule has 8 aromatic rings. The molecule has 0 bridgehead atoms. The maximum atomic E-state index is 9.23. The van der Waals surface area contributed by atoms with Gasteiger partial charge in [0.15, 0.2) is 0 Å². The van der Waals surface area contributed by atoms with Crippen LogP contribution < -0.4 is 0 Å². The van der Waals surface area contributed by atoms with Crippen LogP contribution in [0.3, 0.4) is 0 Å². The summed E-state index contributed by atoms with van der Waals surface area (Å²) in [6, 6.07) is 18.9. The van der Waals surface area contributed by atoms with Gasteiger partial charge in [-0.1, -0.05) is 77.1 Å². The average molecular weight is 835 g/mol. The number of thiophene rings is 4. The van der Waals surface area contributed by atoms with E-state index in [-0.39, 0.29) is 10.8 Å². The van der Waals surface area contributed by atoms with Gasteiger partial charge in [0, 0.05) is 74.0 Å². The number of hydrogen-bond donors (Lipinski definition) is 1. The summed E-state index contributed by atoms with van der Waals surface area (Å²) in [5, 5.41) is 9.23. The Balaban J connectivity index is 0.986. The van der Waals surface area contributed by atoms with Crippen molar-refractivity contribution in [3.05, 3.63) is 91.7 Å². The molecule has 2 aromatic carbocycles. The molecule has 55 heavy (non-hydrogen) atoms. The standard InChI is InChI=1S/C44H42N4OS6/c1-23-12-14-27(37-35(23)45-54-47-37)34-22-32-42(53-34)41-31(44(32,5)16-10-8-6-7-9-11-17-49)20-26(51-41)19-25-13-15-28(38-36(25)46-55-48-38)33-21-30-40(52-33)39-29(43(30,3)4)18-24(2)50-39/h12-15,18,20-22,49H,6-11,16-17,19H2,1-5H3. The molecule has 0 spiro atoms. The third-order valence-corrected chi connectivity index (χ3v) is 18.1. The van der Waals surface area contributed by atoms with E-state index in [0.717, 1.165) is 47.8 Å². The average Bonchev–Trinajstić information content (AvgIpc) is 4.02. The Morgan fingerprint density at radius 2 is 1.13 bits per heavy atom. The number of fused-ring (bicyclic) bond motifs is 8. The zero-order chi connectivity index (χ0) is 37.6.